The van der Waals surface area contributed by atoms with Gasteiger partial charge in [0.2, 0.25) is 0 Å². The van der Waals surface area contributed by atoms with E-state index < -0.39 is 5.97 Å². The molecule has 1 aromatic carbocycles. The van der Waals surface area contributed by atoms with Crippen molar-refractivity contribution in [3.05, 3.63) is 44.9 Å². The van der Waals surface area contributed by atoms with Crippen LogP contribution in [0.15, 0.2) is 23.2 Å². The summed E-state index contributed by atoms with van der Waals surface area (Å²) in [4.78, 5) is 21.9. The van der Waals surface area contributed by atoms with E-state index in [2.05, 4.69) is 27.5 Å². The molecule has 0 saturated heterocycles. The van der Waals surface area contributed by atoms with Gasteiger partial charge in [-0.2, -0.15) is 0 Å². The van der Waals surface area contributed by atoms with Gasteiger partial charge in [0.1, 0.15) is 11.3 Å². The minimum Gasteiger partial charge on any atom is -0.496 e. The van der Waals surface area contributed by atoms with Crippen molar-refractivity contribution in [3.8, 4) is 5.75 Å². The van der Waals surface area contributed by atoms with Crippen molar-refractivity contribution in [2.45, 2.75) is 26.8 Å². The third-order valence-corrected chi connectivity index (χ3v) is 5.19. The zero-order chi connectivity index (χ0) is 19.8. The van der Waals surface area contributed by atoms with E-state index in [4.69, 9.17) is 9.47 Å². The molecule has 1 heterocycles. The maximum Gasteiger partial charge on any atom is 0.341 e. The van der Waals surface area contributed by atoms with Gasteiger partial charge in [-0.1, -0.05) is 6.07 Å². The number of guanidine groups is 1. The highest BCUT2D eigenvalue weighted by molar-refractivity contribution is 7.11. The number of aliphatic imine (C=N–C) groups is 1. The molecule has 0 aliphatic carbocycles. The highest BCUT2D eigenvalue weighted by atomic mass is 32.1. The van der Waals surface area contributed by atoms with Gasteiger partial charge in [0, 0.05) is 31.4 Å². The van der Waals surface area contributed by atoms with Gasteiger partial charge in [0.15, 0.2) is 5.96 Å². The molecule has 0 atom stereocenters. The molecular weight excluding hydrogens is 364 g/mol. The predicted octanol–water partition coefficient (Wildman–Crippen LogP) is 2.46. The summed E-state index contributed by atoms with van der Waals surface area (Å²) in [5.74, 6) is 0.753. The number of rotatable bonds is 7. The Morgan fingerprint density at radius 2 is 2.04 bits per heavy atom. The van der Waals surface area contributed by atoms with Crippen LogP contribution in [0.5, 0.6) is 5.75 Å². The first-order valence-corrected chi connectivity index (χ1v) is 9.42. The van der Waals surface area contributed by atoms with Crippen molar-refractivity contribution in [1.29, 1.82) is 0 Å². The summed E-state index contributed by atoms with van der Waals surface area (Å²) in [7, 11) is 4.60. The van der Waals surface area contributed by atoms with Gasteiger partial charge in [-0.05, 0) is 31.5 Å². The van der Waals surface area contributed by atoms with Crippen LogP contribution in [0, 0.1) is 13.8 Å². The molecule has 7 nitrogen and oxygen atoms in total. The van der Waals surface area contributed by atoms with Crippen LogP contribution in [0.1, 0.15) is 31.5 Å². The number of benzene rings is 1. The standard InChI is InChI=1S/C19H26N4O3S/c1-12-13(2)27-17(23-12)8-9-21-19(20-3)22-11-14-6-7-16(25-4)15(10-14)18(24)26-5/h6-7,10H,8-9,11H2,1-5H3,(H2,20,21,22). The second kappa shape index (κ2) is 9.91. The Kier molecular flexibility index (Phi) is 7.60. The lowest BCUT2D eigenvalue weighted by Crippen LogP contribution is -2.37. The van der Waals surface area contributed by atoms with E-state index >= 15 is 0 Å². The first-order chi connectivity index (χ1) is 13.0. The van der Waals surface area contributed by atoms with E-state index in [1.54, 1.807) is 30.5 Å². The fraction of sp³-hybridized carbons (Fsp3) is 0.421. The number of esters is 1. The van der Waals surface area contributed by atoms with Gasteiger partial charge >= 0.3 is 5.97 Å². The summed E-state index contributed by atoms with van der Waals surface area (Å²) in [6.07, 6.45) is 0.842. The minimum absolute atomic E-state index is 0.400. The number of aromatic nitrogens is 1. The van der Waals surface area contributed by atoms with Gasteiger partial charge in [-0.15, -0.1) is 11.3 Å². The first-order valence-electron chi connectivity index (χ1n) is 8.61. The summed E-state index contributed by atoms with van der Waals surface area (Å²) in [6, 6.07) is 5.41. The third-order valence-electron chi connectivity index (χ3n) is 4.06. The Labute approximate surface area is 163 Å². The molecule has 0 saturated carbocycles. The molecule has 0 unspecified atom stereocenters. The lowest BCUT2D eigenvalue weighted by Gasteiger charge is -2.13. The summed E-state index contributed by atoms with van der Waals surface area (Å²) in [5.41, 5.74) is 2.42. The van der Waals surface area contributed by atoms with Crippen LogP contribution in [-0.2, 0) is 17.7 Å². The fourth-order valence-electron chi connectivity index (χ4n) is 2.47. The number of nitrogens with zero attached hydrogens (tertiary/aromatic N) is 2. The van der Waals surface area contributed by atoms with Crippen molar-refractivity contribution in [3.63, 3.8) is 0 Å². The fourth-order valence-corrected chi connectivity index (χ4v) is 3.41. The molecule has 2 N–H and O–H groups in total. The predicted molar refractivity (Wildman–Crippen MR) is 108 cm³/mol. The molecule has 0 fully saturated rings. The van der Waals surface area contributed by atoms with Gasteiger partial charge in [0.05, 0.1) is 24.9 Å². The normalized spacial score (nSPS) is 11.2. The number of nitrogens with one attached hydrogen (secondary N) is 2. The molecule has 0 aliphatic heterocycles. The number of aryl methyl sites for hydroxylation is 2. The zero-order valence-electron chi connectivity index (χ0n) is 16.4. The lowest BCUT2D eigenvalue weighted by atomic mass is 10.1. The Morgan fingerprint density at radius 3 is 2.63 bits per heavy atom. The van der Waals surface area contributed by atoms with Crippen molar-refractivity contribution >= 4 is 23.3 Å². The monoisotopic (exact) mass is 390 g/mol. The zero-order valence-corrected chi connectivity index (χ0v) is 17.2. The van der Waals surface area contributed by atoms with Gasteiger partial charge in [0.25, 0.3) is 0 Å². The Balaban J connectivity index is 1.90. The highest BCUT2D eigenvalue weighted by Gasteiger charge is 2.13. The Morgan fingerprint density at radius 1 is 1.26 bits per heavy atom. The molecule has 0 radical (unpaired) electrons. The smallest absolute Gasteiger partial charge is 0.341 e. The van der Waals surface area contributed by atoms with Crippen LogP contribution in [0.4, 0.5) is 0 Å². The summed E-state index contributed by atoms with van der Waals surface area (Å²) in [6.45, 7) is 5.37. The van der Waals surface area contributed by atoms with Crippen molar-refractivity contribution in [2.75, 3.05) is 27.8 Å². The van der Waals surface area contributed by atoms with E-state index in [0.29, 0.717) is 23.8 Å². The number of hydrogen-bond donors (Lipinski definition) is 2. The lowest BCUT2D eigenvalue weighted by molar-refractivity contribution is 0.0597. The van der Waals surface area contributed by atoms with Crippen molar-refractivity contribution < 1.29 is 14.3 Å². The molecule has 27 heavy (non-hydrogen) atoms. The van der Waals surface area contributed by atoms with Crippen molar-refractivity contribution in [1.82, 2.24) is 15.6 Å². The van der Waals surface area contributed by atoms with Gasteiger partial charge in [-0.3, -0.25) is 4.99 Å². The van der Waals surface area contributed by atoms with Crippen LogP contribution in [-0.4, -0.2) is 44.7 Å². The van der Waals surface area contributed by atoms with E-state index in [1.807, 2.05) is 13.0 Å². The summed E-state index contributed by atoms with van der Waals surface area (Å²) < 4.78 is 10.0. The second-order valence-corrected chi connectivity index (χ2v) is 7.17. The number of carbonyl (C=O) groups is 1. The van der Waals surface area contributed by atoms with Crippen molar-refractivity contribution in [2.24, 2.45) is 4.99 Å². The van der Waals surface area contributed by atoms with Gasteiger partial charge < -0.3 is 20.1 Å². The SMILES string of the molecule is CN=C(NCCc1nc(C)c(C)s1)NCc1ccc(OC)c(C(=O)OC)c1. The molecule has 0 spiro atoms. The number of methoxy groups -OCH3 is 2. The Hall–Kier alpha value is -2.61. The molecule has 0 amide bonds. The molecular formula is C19H26N4O3S. The first kappa shape index (κ1) is 20.7. The largest absolute Gasteiger partial charge is 0.496 e. The molecule has 2 aromatic rings. The quantitative estimate of drug-likeness (QED) is 0.429. The number of carbonyl (C=O) groups excluding carboxylic acids is 1. The number of hydrogen-bond acceptors (Lipinski definition) is 6. The van der Waals surface area contributed by atoms with Crippen LogP contribution in [0.3, 0.4) is 0 Å². The maximum atomic E-state index is 11.9. The molecule has 2 rings (SSSR count). The van der Waals surface area contributed by atoms with Crippen LogP contribution >= 0.6 is 11.3 Å². The maximum absolute atomic E-state index is 11.9. The number of thiazole rings is 1. The van der Waals surface area contributed by atoms with E-state index in [1.165, 1.54) is 19.1 Å². The molecule has 8 heteroatoms. The van der Waals surface area contributed by atoms with Crippen LogP contribution in [0.2, 0.25) is 0 Å². The molecule has 1 aromatic heterocycles. The third kappa shape index (κ3) is 5.68. The van der Waals surface area contributed by atoms with E-state index in [9.17, 15) is 4.79 Å². The summed E-state index contributed by atoms with van der Waals surface area (Å²) in [5, 5.41) is 7.63. The minimum atomic E-state index is -0.426. The van der Waals surface area contributed by atoms with Crippen LogP contribution in [0.25, 0.3) is 0 Å². The Bertz CT molecular complexity index is 798. The molecule has 0 bridgehead atoms. The highest BCUT2D eigenvalue weighted by Crippen LogP contribution is 2.20. The van der Waals surface area contributed by atoms with Gasteiger partial charge in [-0.25, -0.2) is 9.78 Å². The summed E-state index contributed by atoms with van der Waals surface area (Å²) >= 11 is 1.73. The molecule has 0 aliphatic rings. The average Bonchev–Trinajstić information content (AvgIpc) is 3.00. The molecule has 146 valence electrons. The van der Waals surface area contributed by atoms with E-state index in [0.717, 1.165) is 29.2 Å². The van der Waals surface area contributed by atoms with Crippen LogP contribution < -0.4 is 15.4 Å². The second-order valence-electron chi connectivity index (χ2n) is 5.88. The topological polar surface area (TPSA) is 84.8 Å². The number of ether oxygens (including phenoxy) is 2. The average molecular weight is 391 g/mol. The van der Waals surface area contributed by atoms with E-state index in [-0.39, 0.29) is 0 Å².